The zero-order valence-corrected chi connectivity index (χ0v) is 11.5. The van der Waals surface area contributed by atoms with Crippen LogP contribution in [0.4, 0.5) is 11.4 Å². The molecule has 0 saturated heterocycles. The lowest BCUT2D eigenvalue weighted by Crippen LogP contribution is -2.38. The maximum Gasteiger partial charge on any atom is 0.342 e. The van der Waals surface area contributed by atoms with Crippen LogP contribution in [0.1, 0.15) is 42.5 Å². The van der Waals surface area contributed by atoms with E-state index in [0.717, 1.165) is 19.3 Å². The molecular weight excluding hydrogens is 276 g/mol. The first-order valence-electron chi connectivity index (χ1n) is 6.89. The van der Waals surface area contributed by atoms with Gasteiger partial charge < -0.3 is 15.5 Å². The second-order valence-corrected chi connectivity index (χ2v) is 5.43. The summed E-state index contributed by atoms with van der Waals surface area (Å²) in [6.45, 7) is 0.302. The number of nitrogens with zero attached hydrogens (tertiary/aromatic N) is 1. The second-order valence-electron chi connectivity index (χ2n) is 5.43. The summed E-state index contributed by atoms with van der Waals surface area (Å²) in [6, 6.07) is 3.87. The summed E-state index contributed by atoms with van der Waals surface area (Å²) in [5.41, 5.74) is -1.16. The van der Waals surface area contributed by atoms with Crippen LogP contribution in [0.25, 0.3) is 0 Å². The Morgan fingerprint density at radius 1 is 1.33 bits per heavy atom. The Labute approximate surface area is 121 Å². The number of nitro benzene ring substituents is 1. The lowest BCUT2D eigenvalue weighted by atomic mass is 9.85. The van der Waals surface area contributed by atoms with Crippen molar-refractivity contribution >= 4 is 17.3 Å². The Kier molecular flexibility index (Phi) is 4.42. The summed E-state index contributed by atoms with van der Waals surface area (Å²) >= 11 is 0. The first kappa shape index (κ1) is 15.2. The van der Waals surface area contributed by atoms with Gasteiger partial charge in [0.15, 0.2) is 0 Å². The van der Waals surface area contributed by atoms with E-state index in [-0.39, 0.29) is 5.56 Å². The molecule has 7 heteroatoms. The molecule has 0 heterocycles. The Bertz CT molecular complexity index is 552. The van der Waals surface area contributed by atoms with Crippen molar-refractivity contribution in [3.63, 3.8) is 0 Å². The van der Waals surface area contributed by atoms with Gasteiger partial charge in [0.1, 0.15) is 5.56 Å². The van der Waals surface area contributed by atoms with Crippen LogP contribution >= 0.6 is 0 Å². The Hall–Kier alpha value is -2.15. The van der Waals surface area contributed by atoms with E-state index in [1.807, 2.05) is 0 Å². The third-order valence-corrected chi connectivity index (χ3v) is 3.83. The number of rotatable bonds is 5. The van der Waals surface area contributed by atoms with Crippen LogP contribution in [0.2, 0.25) is 0 Å². The van der Waals surface area contributed by atoms with E-state index in [1.54, 1.807) is 0 Å². The van der Waals surface area contributed by atoms with Crippen LogP contribution in [0.15, 0.2) is 18.2 Å². The largest absolute Gasteiger partial charge is 0.477 e. The van der Waals surface area contributed by atoms with Crippen molar-refractivity contribution in [1.29, 1.82) is 0 Å². The summed E-state index contributed by atoms with van der Waals surface area (Å²) in [7, 11) is 0. The molecule has 0 radical (unpaired) electrons. The molecule has 0 spiro atoms. The lowest BCUT2D eigenvalue weighted by molar-refractivity contribution is -0.385. The highest BCUT2D eigenvalue weighted by Gasteiger charge is 2.29. The molecule has 1 aliphatic carbocycles. The van der Waals surface area contributed by atoms with Crippen molar-refractivity contribution in [1.82, 2.24) is 0 Å². The zero-order valence-electron chi connectivity index (χ0n) is 11.5. The molecule has 1 fully saturated rings. The van der Waals surface area contributed by atoms with Gasteiger partial charge in [-0.25, -0.2) is 4.79 Å². The highest BCUT2D eigenvalue weighted by atomic mass is 16.6. The van der Waals surface area contributed by atoms with Gasteiger partial charge in [-0.2, -0.15) is 0 Å². The number of aromatic carboxylic acids is 1. The molecule has 0 amide bonds. The molecule has 2 rings (SSSR count). The van der Waals surface area contributed by atoms with Crippen molar-refractivity contribution in [2.24, 2.45) is 0 Å². The van der Waals surface area contributed by atoms with Crippen LogP contribution in [-0.2, 0) is 0 Å². The van der Waals surface area contributed by atoms with Gasteiger partial charge in [0.25, 0.3) is 5.69 Å². The fourth-order valence-electron chi connectivity index (χ4n) is 2.63. The first-order chi connectivity index (χ1) is 9.91. The van der Waals surface area contributed by atoms with Crippen molar-refractivity contribution in [2.75, 3.05) is 11.9 Å². The van der Waals surface area contributed by atoms with Gasteiger partial charge in [-0.15, -0.1) is 0 Å². The molecule has 3 N–H and O–H groups in total. The van der Waals surface area contributed by atoms with Crippen molar-refractivity contribution in [3.05, 3.63) is 33.9 Å². The minimum absolute atomic E-state index is 0.302. The molecule has 1 aliphatic rings. The van der Waals surface area contributed by atoms with Crippen LogP contribution in [0.5, 0.6) is 0 Å². The zero-order chi connectivity index (χ0) is 15.5. The number of hydrogen-bond donors (Lipinski definition) is 3. The normalized spacial score (nSPS) is 17.2. The minimum Gasteiger partial charge on any atom is -0.477 e. The first-order valence-corrected chi connectivity index (χ1v) is 6.89. The quantitative estimate of drug-likeness (QED) is 0.567. The highest BCUT2D eigenvalue weighted by Crippen LogP contribution is 2.29. The van der Waals surface area contributed by atoms with E-state index in [4.69, 9.17) is 5.11 Å². The SMILES string of the molecule is O=C(O)c1ccc(NCC2(O)CCCCC2)cc1[N+](=O)[O-]. The summed E-state index contributed by atoms with van der Waals surface area (Å²) in [5, 5.41) is 33.2. The fraction of sp³-hybridized carbons (Fsp3) is 0.500. The van der Waals surface area contributed by atoms with Crippen molar-refractivity contribution in [3.8, 4) is 0 Å². The van der Waals surface area contributed by atoms with Gasteiger partial charge in [-0.3, -0.25) is 10.1 Å². The predicted molar refractivity (Wildman–Crippen MR) is 76.6 cm³/mol. The average molecular weight is 294 g/mol. The number of carboxylic acids is 1. The summed E-state index contributed by atoms with van der Waals surface area (Å²) < 4.78 is 0. The Morgan fingerprint density at radius 3 is 2.57 bits per heavy atom. The van der Waals surface area contributed by atoms with Crippen LogP contribution in [0.3, 0.4) is 0 Å². The van der Waals surface area contributed by atoms with Gasteiger partial charge >= 0.3 is 5.97 Å². The maximum atomic E-state index is 10.9. The van der Waals surface area contributed by atoms with Gasteiger partial charge in [0.05, 0.1) is 10.5 Å². The van der Waals surface area contributed by atoms with Gasteiger partial charge in [0.2, 0.25) is 0 Å². The molecule has 0 unspecified atom stereocenters. The number of hydrogen-bond acceptors (Lipinski definition) is 5. The van der Waals surface area contributed by atoms with E-state index in [0.29, 0.717) is 25.1 Å². The lowest BCUT2D eigenvalue weighted by Gasteiger charge is -2.32. The van der Waals surface area contributed by atoms with Crippen LogP contribution in [-0.4, -0.2) is 33.3 Å². The topological polar surface area (TPSA) is 113 Å². The van der Waals surface area contributed by atoms with Crippen LogP contribution < -0.4 is 5.32 Å². The van der Waals surface area contributed by atoms with E-state index in [2.05, 4.69) is 5.32 Å². The van der Waals surface area contributed by atoms with Crippen molar-refractivity contribution < 1.29 is 19.9 Å². The molecule has 1 aromatic rings. The molecule has 1 aromatic carbocycles. The number of carbonyl (C=O) groups is 1. The number of nitrogens with one attached hydrogen (secondary N) is 1. The van der Waals surface area contributed by atoms with E-state index < -0.39 is 22.2 Å². The van der Waals surface area contributed by atoms with Gasteiger partial charge in [0, 0.05) is 18.3 Å². The Morgan fingerprint density at radius 2 is 2.00 bits per heavy atom. The minimum atomic E-state index is -1.33. The third kappa shape index (κ3) is 3.69. The number of nitro groups is 1. The Balaban J connectivity index is 2.12. The fourth-order valence-corrected chi connectivity index (χ4v) is 2.63. The molecule has 0 aromatic heterocycles. The van der Waals surface area contributed by atoms with E-state index in [1.165, 1.54) is 18.2 Å². The maximum absolute atomic E-state index is 10.9. The molecule has 0 bridgehead atoms. The standard InChI is InChI=1S/C14H18N2O5/c17-13(18)11-5-4-10(8-12(11)16(20)21)15-9-14(19)6-2-1-3-7-14/h4-5,8,15,19H,1-3,6-7,9H2,(H,17,18). The monoisotopic (exact) mass is 294 g/mol. The molecule has 0 atom stereocenters. The van der Waals surface area contributed by atoms with Crippen LogP contribution in [0, 0.1) is 10.1 Å². The number of carboxylic acid groups (broad SMARTS) is 1. The van der Waals surface area contributed by atoms with Gasteiger partial charge in [-0.05, 0) is 25.0 Å². The summed E-state index contributed by atoms with van der Waals surface area (Å²) in [4.78, 5) is 21.1. The van der Waals surface area contributed by atoms with E-state index in [9.17, 15) is 20.0 Å². The molecular formula is C14H18N2O5. The smallest absolute Gasteiger partial charge is 0.342 e. The summed E-state index contributed by atoms with van der Waals surface area (Å²) in [5.74, 6) is -1.33. The predicted octanol–water partition coefficient (Wildman–Crippen LogP) is 2.40. The molecule has 7 nitrogen and oxygen atoms in total. The van der Waals surface area contributed by atoms with Gasteiger partial charge in [-0.1, -0.05) is 19.3 Å². The van der Waals surface area contributed by atoms with E-state index >= 15 is 0 Å². The molecule has 114 valence electrons. The summed E-state index contributed by atoms with van der Waals surface area (Å²) in [6.07, 6.45) is 4.46. The number of aliphatic hydroxyl groups is 1. The highest BCUT2D eigenvalue weighted by molar-refractivity contribution is 5.93. The average Bonchev–Trinajstić information content (AvgIpc) is 2.45. The molecule has 21 heavy (non-hydrogen) atoms. The van der Waals surface area contributed by atoms with Crippen molar-refractivity contribution in [2.45, 2.75) is 37.7 Å². The second kappa shape index (κ2) is 6.09. The number of anilines is 1. The molecule has 1 saturated carbocycles. The third-order valence-electron chi connectivity index (χ3n) is 3.83. The number of benzene rings is 1. The molecule has 0 aliphatic heterocycles.